The number of guanidine groups is 1. The summed E-state index contributed by atoms with van der Waals surface area (Å²) in [5.41, 5.74) is 3.48. The monoisotopic (exact) mass is 552 g/mol. The number of hydrogen-bond acceptors (Lipinski definition) is 5. The van der Waals surface area contributed by atoms with Gasteiger partial charge in [-0.05, 0) is 30.2 Å². The quantitative estimate of drug-likeness (QED) is 0.322. The SMILES string of the molecule is CCNC(=NCc1ccccc1CN1CCOCC1)Nc1ccc2c(c1)OCCCO2.I. The number of hydrogen-bond donors (Lipinski definition) is 2. The molecule has 0 atom stereocenters. The average molecular weight is 552 g/mol. The summed E-state index contributed by atoms with van der Waals surface area (Å²) < 4.78 is 17.0. The van der Waals surface area contributed by atoms with Crippen molar-refractivity contribution in [2.24, 2.45) is 4.99 Å². The van der Waals surface area contributed by atoms with Gasteiger partial charge >= 0.3 is 0 Å². The molecular weight excluding hydrogens is 519 g/mol. The molecule has 0 unspecified atom stereocenters. The van der Waals surface area contributed by atoms with E-state index in [1.807, 2.05) is 18.2 Å². The van der Waals surface area contributed by atoms with Crippen LogP contribution < -0.4 is 20.1 Å². The number of halogens is 1. The molecule has 8 heteroatoms. The smallest absolute Gasteiger partial charge is 0.196 e. The molecule has 1 fully saturated rings. The van der Waals surface area contributed by atoms with Crippen molar-refractivity contribution in [2.75, 3.05) is 51.4 Å². The van der Waals surface area contributed by atoms with E-state index in [2.05, 4.69) is 46.7 Å². The van der Waals surface area contributed by atoms with Crippen LogP contribution in [0.4, 0.5) is 5.69 Å². The van der Waals surface area contributed by atoms with Crippen molar-refractivity contribution in [3.63, 3.8) is 0 Å². The Morgan fingerprint density at radius 2 is 1.72 bits per heavy atom. The third-order valence-electron chi connectivity index (χ3n) is 5.38. The highest BCUT2D eigenvalue weighted by Gasteiger charge is 2.13. The van der Waals surface area contributed by atoms with Crippen LogP contribution >= 0.6 is 24.0 Å². The van der Waals surface area contributed by atoms with Crippen LogP contribution in [0.1, 0.15) is 24.5 Å². The molecule has 2 heterocycles. The van der Waals surface area contributed by atoms with Gasteiger partial charge in [-0.2, -0.15) is 0 Å². The summed E-state index contributed by atoms with van der Waals surface area (Å²) in [4.78, 5) is 7.28. The Bertz CT molecular complexity index is 887. The summed E-state index contributed by atoms with van der Waals surface area (Å²) in [5.74, 6) is 2.31. The van der Waals surface area contributed by atoms with Crippen LogP contribution in [0.15, 0.2) is 47.5 Å². The van der Waals surface area contributed by atoms with Gasteiger partial charge in [0.2, 0.25) is 0 Å². The van der Waals surface area contributed by atoms with Crippen LogP contribution in [-0.2, 0) is 17.8 Å². The molecule has 0 aliphatic carbocycles. The van der Waals surface area contributed by atoms with Crippen LogP contribution in [0.2, 0.25) is 0 Å². The van der Waals surface area contributed by atoms with Gasteiger partial charge in [0.25, 0.3) is 0 Å². The molecule has 32 heavy (non-hydrogen) atoms. The molecule has 2 N–H and O–H groups in total. The molecule has 0 saturated carbocycles. The van der Waals surface area contributed by atoms with Gasteiger partial charge < -0.3 is 24.8 Å². The van der Waals surface area contributed by atoms with Gasteiger partial charge in [-0.25, -0.2) is 4.99 Å². The maximum Gasteiger partial charge on any atom is 0.196 e. The maximum absolute atomic E-state index is 5.81. The van der Waals surface area contributed by atoms with Crippen LogP contribution in [-0.4, -0.2) is 56.9 Å². The first-order valence-electron chi connectivity index (χ1n) is 11.1. The molecule has 174 valence electrons. The fourth-order valence-corrected chi connectivity index (χ4v) is 3.72. The van der Waals surface area contributed by atoms with Gasteiger partial charge in [0, 0.05) is 44.4 Å². The van der Waals surface area contributed by atoms with Gasteiger partial charge in [0.15, 0.2) is 17.5 Å². The van der Waals surface area contributed by atoms with E-state index in [1.54, 1.807) is 0 Å². The number of nitrogens with one attached hydrogen (secondary N) is 2. The Kier molecular flexibility index (Phi) is 9.89. The second-order valence-corrected chi connectivity index (χ2v) is 7.69. The van der Waals surface area contributed by atoms with Crippen molar-refractivity contribution in [2.45, 2.75) is 26.4 Å². The summed E-state index contributed by atoms with van der Waals surface area (Å²) in [6.45, 7) is 9.33. The van der Waals surface area contributed by atoms with Crippen LogP contribution in [0.3, 0.4) is 0 Å². The van der Waals surface area contributed by atoms with Gasteiger partial charge in [-0.3, -0.25) is 4.90 Å². The molecule has 2 aliphatic rings. The molecule has 4 rings (SSSR count). The van der Waals surface area contributed by atoms with Crippen molar-refractivity contribution in [1.29, 1.82) is 0 Å². The molecule has 2 aromatic carbocycles. The fourth-order valence-electron chi connectivity index (χ4n) is 3.72. The van der Waals surface area contributed by atoms with Crippen molar-refractivity contribution in [3.8, 4) is 11.5 Å². The van der Waals surface area contributed by atoms with E-state index in [0.717, 1.165) is 69.0 Å². The summed E-state index contributed by atoms with van der Waals surface area (Å²) in [6.07, 6.45) is 0.894. The number of aliphatic imine (C=N–C) groups is 1. The highest BCUT2D eigenvalue weighted by Crippen LogP contribution is 2.32. The van der Waals surface area contributed by atoms with E-state index in [1.165, 1.54) is 11.1 Å². The minimum Gasteiger partial charge on any atom is -0.490 e. The lowest BCUT2D eigenvalue weighted by molar-refractivity contribution is 0.0341. The molecule has 0 bridgehead atoms. The molecule has 2 aliphatic heterocycles. The molecule has 2 aromatic rings. The lowest BCUT2D eigenvalue weighted by Gasteiger charge is -2.27. The molecule has 0 aromatic heterocycles. The predicted octanol–water partition coefficient (Wildman–Crippen LogP) is 3.88. The lowest BCUT2D eigenvalue weighted by Crippen LogP contribution is -2.35. The van der Waals surface area contributed by atoms with Crippen LogP contribution in [0.25, 0.3) is 0 Å². The number of ether oxygens (including phenoxy) is 3. The average Bonchev–Trinajstić information content (AvgIpc) is 3.04. The molecule has 0 amide bonds. The zero-order valence-electron chi connectivity index (χ0n) is 18.6. The van der Waals surface area contributed by atoms with E-state index < -0.39 is 0 Å². The first-order valence-corrected chi connectivity index (χ1v) is 11.1. The largest absolute Gasteiger partial charge is 0.490 e. The zero-order chi connectivity index (χ0) is 21.3. The Morgan fingerprint density at radius 1 is 0.969 bits per heavy atom. The van der Waals surface area contributed by atoms with Gasteiger partial charge in [0.1, 0.15) is 0 Å². The molecular formula is C24H33IN4O3. The molecule has 7 nitrogen and oxygen atoms in total. The first-order chi connectivity index (χ1) is 15.3. The van der Waals surface area contributed by atoms with Crippen LogP contribution in [0, 0.1) is 0 Å². The number of anilines is 1. The Balaban J connectivity index is 0.00000289. The Hall–Kier alpha value is -2.04. The standard InChI is InChI=1S/C24H32N4O3.HI/c1-2-25-24(27-21-8-9-22-23(16-21)31-13-5-12-30-22)26-17-19-6-3-4-7-20(19)18-28-10-14-29-15-11-28;/h3-4,6-9,16H,2,5,10-15,17-18H2,1H3,(H2,25,26,27);1H. The third kappa shape index (κ3) is 6.98. The van der Waals surface area contributed by atoms with Crippen molar-refractivity contribution < 1.29 is 14.2 Å². The normalized spacial score (nSPS) is 16.6. The summed E-state index contributed by atoms with van der Waals surface area (Å²) in [5, 5.41) is 6.73. The topological polar surface area (TPSA) is 67.4 Å². The van der Waals surface area contributed by atoms with Gasteiger partial charge in [0.05, 0.1) is 33.0 Å². The fraction of sp³-hybridized carbons (Fsp3) is 0.458. The number of benzene rings is 2. The lowest BCUT2D eigenvalue weighted by atomic mass is 10.1. The highest BCUT2D eigenvalue weighted by molar-refractivity contribution is 14.0. The van der Waals surface area contributed by atoms with Gasteiger partial charge in [-0.1, -0.05) is 24.3 Å². The first kappa shape index (κ1) is 24.6. The van der Waals surface area contributed by atoms with E-state index in [0.29, 0.717) is 19.8 Å². The number of rotatable bonds is 6. The van der Waals surface area contributed by atoms with Crippen molar-refractivity contribution >= 4 is 35.6 Å². The third-order valence-corrected chi connectivity index (χ3v) is 5.38. The predicted molar refractivity (Wildman–Crippen MR) is 138 cm³/mol. The number of fused-ring (bicyclic) bond motifs is 1. The summed E-state index contributed by atoms with van der Waals surface area (Å²) in [7, 11) is 0. The number of morpholine rings is 1. The Morgan fingerprint density at radius 3 is 2.50 bits per heavy atom. The maximum atomic E-state index is 5.81. The van der Waals surface area contributed by atoms with E-state index >= 15 is 0 Å². The van der Waals surface area contributed by atoms with E-state index in [9.17, 15) is 0 Å². The molecule has 1 saturated heterocycles. The van der Waals surface area contributed by atoms with Gasteiger partial charge in [-0.15, -0.1) is 24.0 Å². The van der Waals surface area contributed by atoms with Crippen LogP contribution in [0.5, 0.6) is 11.5 Å². The highest BCUT2D eigenvalue weighted by atomic mass is 127. The molecule has 0 spiro atoms. The zero-order valence-corrected chi connectivity index (χ0v) is 21.0. The second-order valence-electron chi connectivity index (χ2n) is 7.69. The minimum atomic E-state index is 0. The van der Waals surface area contributed by atoms with E-state index in [-0.39, 0.29) is 24.0 Å². The number of nitrogens with zero attached hydrogens (tertiary/aromatic N) is 2. The van der Waals surface area contributed by atoms with E-state index in [4.69, 9.17) is 19.2 Å². The summed E-state index contributed by atoms with van der Waals surface area (Å²) in [6, 6.07) is 14.5. The minimum absolute atomic E-state index is 0. The Labute approximate surface area is 207 Å². The van der Waals surface area contributed by atoms with Crippen molar-refractivity contribution in [3.05, 3.63) is 53.6 Å². The van der Waals surface area contributed by atoms with Crippen molar-refractivity contribution in [1.82, 2.24) is 10.2 Å². The molecule has 0 radical (unpaired) electrons. The second kappa shape index (κ2) is 12.9. The summed E-state index contributed by atoms with van der Waals surface area (Å²) >= 11 is 0.